The maximum atomic E-state index is 5.35. The Kier molecular flexibility index (Phi) is 4.72. The predicted molar refractivity (Wildman–Crippen MR) is 95.4 cm³/mol. The SMILES string of the molecule is COc1ccc(OC)c(C=Nn2c(-c3ccccc3)n[nH]c2=S)c1. The van der Waals surface area contributed by atoms with Crippen LogP contribution in [-0.4, -0.2) is 35.3 Å². The summed E-state index contributed by atoms with van der Waals surface area (Å²) in [7, 11) is 3.22. The van der Waals surface area contributed by atoms with E-state index in [0.29, 0.717) is 16.3 Å². The minimum absolute atomic E-state index is 0.409. The van der Waals surface area contributed by atoms with Gasteiger partial charge in [-0.15, -0.1) is 0 Å². The fourth-order valence-corrected chi connectivity index (χ4v) is 2.41. The molecule has 1 heterocycles. The van der Waals surface area contributed by atoms with Gasteiger partial charge in [0.2, 0.25) is 4.77 Å². The zero-order chi connectivity index (χ0) is 16.9. The summed E-state index contributed by atoms with van der Waals surface area (Å²) >= 11 is 5.27. The summed E-state index contributed by atoms with van der Waals surface area (Å²) in [6, 6.07) is 15.2. The van der Waals surface area contributed by atoms with Crippen molar-refractivity contribution in [3.8, 4) is 22.9 Å². The van der Waals surface area contributed by atoms with Crippen molar-refractivity contribution < 1.29 is 9.47 Å². The molecule has 0 unspecified atom stereocenters. The molecule has 0 aliphatic carbocycles. The molecule has 0 bridgehead atoms. The minimum atomic E-state index is 0.409. The molecular formula is C17H16N4O2S. The summed E-state index contributed by atoms with van der Waals surface area (Å²) in [6.07, 6.45) is 1.67. The van der Waals surface area contributed by atoms with E-state index in [1.165, 1.54) is 0 Å². The molecule has 0 aliphatic rings. The third kappa shape index (κ3) is 3.21. The lowest BCUT2D eigenvalue weighted by molar-refractivity contribution is 0.402. The third-order valence-electron chi connectivity index (χ3n) is 3.43. The van der Waals surface area contributed by atoms with Crippen LogP contribution in [0.3, 0.4) is 0 Å². The molecule has 0 radical (unpaired) electrons. The Morgan fingerprint density at radius 3 is 2.62 bits per heavy atom. The zero-order valence-corrected chi connectivity index (χ0v) is 14.1. The Balaban J connectivity index is 2.02. The van der Waals surface area contributed by atoms with Crippen molar-refractivity contribution in [1.82, 2.24) is 14.9 Å². The molecule has 0 saturated heterocycles. The normalized spacial score (nSPS) is 10.9. The molecule has 0 amide bonds. The van der Waals surface area contributed by atoms with Gasteiger partial charge in [-0.2, -0.15) is 14.9 Å². The van der Waals surface area contributed by atoms with Crippen molar-refractivity contribution in [3.05, 3.63) is 58.9 Å². The van der Waals surface area contributed by atoms with Crippen LogP contribution in [0.15, 0.2) is 53.6 Å². The van der Waals surface area contributed by atoms with Gasteiger partial charge in [-0.25, -0.2) is 5.10 Å². The van der Waals surface area contributed by atoms with Gasteiger partial charge in [0.1, 0.15) is 11.5 Å². The average molecular weight is 340 g/mol. The monoisotopic (exact) mass is 340 g/mol. The zero-order valence-electron chi connectivity index (χ0n) is 13.3. The molecule has 7 heteroatoms. The van der Waals surface area contributed by atoms with E-state index < -0.39 is 0 Å². The van der Waals surface area contributed by atoms with Gasteiger partial charge in [0.25, 0.3) is 0 Å². The largest absolute Gasteiger partial charge is 0.497 e. The number of nitrogens with zero attached hydrogens (tertiary/aromatic N) is 3. The van der Waals surface area contributed by atoms with Crippen LogP contribution in [0.1, 0.15) is 5.56 Å². The number of benzene rings is 2. The van der Waals surface area contributed by atoms with Crippen molar-refractivity contribution in [3.63, 3.8) is 0 Å². The van der Waals surface area contributed by atoms with Crippen LogP contribution in [0.4, 0.5) is 0 Å². The number of methoxy groups -OCH3 is 2. The molecule has 3 aromatic rings. The van der Waals surface area contributed by atoms with E-state index in [9.17, 15) is 0 Å². The Morgan fingerprint density at radius 1 is 1.12 bits per heavy atom. The van der Waals surface area contributed by atoms with Crippen LogP contribution in [0.2, 0.25) is 0 Å². The maximum absolute atomic E-state index is 5.35. The number of hydrogen-bond donors (Lipinski definition) is 1. The first-order valence-electron chi connectivity index (χ1n) is 7.22. The van der Waals surface area contributed by atoms with Crippen LogP contribution < -0.4 is 9.47 Å². The molecule has 1 aromatic heterocycles. The van der Waals surface area contributed by atoms with Crippen LogP contribution >= 0.6 is 12.2 Å². The first kappa shape index (κ1) is 15.9. The molecule has 122 valence electrons. The highest BCUT2D eigenvalue weighted by Gasteiger charge is 2.08. The van der Waals surface area contributed by atoms with Crippen molar-refractivity contribution in [2.75, 3.05) is 14.2 Å². The van der Waals surface area contributed by atoms with E-state index in [2.05, 4.69) is 15.3 Å². The lowest BCUT2D eigenvalue weighted by Crippen LogP contribution is -1.97. The Hall–Kier alpha value is -2.93. The second kappa shape index (κ2) is 7.10. The number of ether oxygens (including phenoxy) is 2. The average Bonchev–Trinajstić information content (AvgIpc) is 3.01. The van der Waals surface area contributed by atoms with Crippen LogP contribution in [0.5, 0.6) is 11.5 Å². The van der Waals surface area contributed by atoms with Crippen LogP contribution in [0, 0.1) is 4.77 Å². The van der Waals surface area contributed by atoms with Crippen molar-refractivity contribution >= 4 is 18.4 Å². The lowest BCUT2D eigenvalue weighted by atomic mass is 10.2. The van der Waals surface area contributed by atoms with Crippen LogP contribution in [-0.2, 0) is 0 Å². The smallest absolute Gasteiger partial charge is 0.216 e. The fourth-order valence-electron chi connectivity index (χ4n) is 2.23. The summed E-state index contributed by atoms with van der Waals surface area (Å²) in [4.78, 5) is 0. The van der Waals surface area contributed by atoms with Crippen LogP contribution in [0.25, 0.3) is 11.4 Å². The van der Waals surface area contributed by atoms with Crippen molar-refractivity contribution in [2.24, 2.45) is 5.10 Å². The molecule has 2 aromatic carbocycles. The van der Waals surface area contributed by atoms with E-state index in [0.717, 1.165) is 16.9 Å². The van der Waals surface area contributed by atoms with Gasteiger partial charge in [-0.3, -0.25) is 0 Å². The second-order valence-corrected chi connectivity index (χ2v) is 5.27. The summed E-state index contributed by atoms with van der Waals surface area (Å²) in [5.74, 6) is 2.05. The molecule has 3 rings (SSSR count). The Bertz CT molecular complexity index is 916. The highest BCUT2D eigenvalue weighted by Crippen LogP contribution is 2.23. The molecule has 0 atom stereocenters. The fraction of sp³-hybridized carbons (Fsp3) is 0.118. The van der Waals surface area contributed by atoms with Gasteiger partial charge in [0.05, 0.1) is 20.4 Å². The number of rotatable bonds is 5. The number of nitrogens with one attached hydrogen (secondary N) is 1. The van der Waals surface area contributed by atoms with Gasteiger partial charge in [0.15, 0.2) is 5.82 Å². The summed E-state index contributed by atoms with van der Waals surface area (Å²) in [5, 5.41) is 11.5. The van der Waals surface area contributed by atoms with E-state index in [4.69, 9.17) is 21.7 Å². The van der Waals surface area contributed by atoms with Gasteiger partial charge in [-0.05, 0) is 30.4 Å². The van der Waals surface area contributed by atoms with E-state index in [1.807, 2.05) is 48.5 Å². The molecule has 24 heavy (non-hydrogen) atoms. The first-order chi connectivity index (χ1) is 11.7. The number of H-pyrrole nitrogens is 1. The molecule has 1 N–H and O–H groups in total. The third-order valence-corrected chi connectivity index (χ3v) is 3.70. The molecule has 0 aliphatic heterocycles. The molecule has 0 spiro atoms. The minimum Gasteiger partial charge on any atom is -0.497 e. The van der Waals surface area contributed by atoms with Gasteiger partial charge >= 0.3 is 0 Å². The van der Waals surface area contributed by atoms with Crippen molar-refractivity contribution in [2.45, 2.75) is 0 Å². The highest BCUT2D eigenvalue weighted by molar-refractivity contribution is 7.71. The predicted octanol–water partition coefficient (Wildman–Crippen LogP) is 3.51. The van der Waals surface area contributed by atoms with E-state index in [-0.39, 0.29) is 0 Å². The topological polar surface area (TPSA) is 64.4 Å². The van der Waals surface area contributed by atoms with Gasteiger partial charge in [-0.1, -0.05) is 30.3 Å². The quantitative estimate of drug-likeness (QED) is 0.570. The first-order valence-corrected chi connectivity index (χ1v) is 7.63. The molecule has 0 saturated carbocycles. The maximum Gasteiger partial charge on any atom is 0.216 e. The Labute approximate surface area is 144 Å². The standard InChI is InChI=1S/C17H16N4O2S/c1-22-14-8-9-15(23-2)13(10-14)11-18-21-16(19-20-17(21)24)12-6-4-3-5-7-12/h3-11H,1-2H3,(H,20,24). The Morgan fingerprint density at radius 2 is 1.92 bits per heavy atom. The van der Waals surface area contributed by atoms with Crippen molar-refractivity contribution in [1.29, 1.82) is 0 Å². The number of hydrogen-bond acceptors (Lipinski definition) is 5. The van der Waals surface area contributed by atoms with Gasteiger partial charge in [0, 0.05) is 11.1 Å². The molecule has 0 fully saturated rings. The number of aromatic nitrogens is 3. The highest BCUT2D eigenvalue weighted by atomic mass is 32.1. The molecular weight excluding hydrogens is 324 g/mol. The summed E-state index contributed by atoms with van der Waals surface area (Å²) in [5.41, 5.74) is 1.69. The van der Waals surface area contributed by atoms with Gasteiger partial charge < -0.3 is 9.47 Å². The number of aromatic amines is 1. The summed E-state index contributed by atoms with van der Waals surface area (Å²) < 4.78 is 12.6. The lowest BCUT2D eigenvalue weighted by Gasteiger charge is -2.07. The summed E-state index contributed by atoms with van der Waals surface area (Å²) in [6.45, 7) is 0. The van der Waals surface area contributed by atoms with E-state index in [1.54, 1.807) is 25.1 Å². The van der Waals surface area contributed by atoms with E-state index >= 15 is 0 Å². The molecule has 6 nitrogen and oxygen atoms in total. The second-order valence-electron chi connectivity index (χ2n) is 4.88.